The van der Waals surface area contributed by atoms with E-state index in [0.29, 0.717) is 0 Å². The molecule has 2 atom stereocenters. The molecule has 0 amide bonds. The lowest BCUT2D eigenvalue weighted by Gasteiger charge is -2.10. The van der Waals surface area contributed by atoms with E-state index in [0.717, 1.165) is 0 Å². The molecular formula is C7H13NO4S. The molecular weight excluding hydrogens is 194 g/mol. The van der Waals surface area contributed by atoms with Crippen LogP contribution >= 0.6 is 11.8 Å². The van der Waals surface area contributed by atoms with Gasteiger partial charge in [-0.15, -0.1) is 0 Å². The standard InChI is InChI=1S/C7H13NO4S/c1-4(2-6(9)10)13-3-5(8)7(11)12/h4-5H,2-3,8H2,1H3,(H,9,10)(H,11,12)/t4?,5-/m0/s1. The van der Waals surface area contributed by atoms with Crippen molar-refractivity contribution >= 4 is 23.7 Å². The molecule has 0 spiro atoms. The molecule has 0 rings (SSSR count). The van der Waals surface area contributed by atoms with Crippen LogP contribution in [-0.4, -0.2) is 39.2 Å². The summed E-state index contributed by atoms with van der Waals surface area (Å²) in [5.74, 6) is -1.71. The van der Waals surface area contributed by atoms with E-state index in [9.17, 15) is 9.59 Å². The summed E-state index contributed by atoms with van der Waals surface area (Å²) < 4.78 is 0. The van der Waals surface area contributed by atoms with Crippen LogP contribution in [0.4, 0.5) is 0 Å². The van der Waals surface area contributed by atoms with Crippen LogP contribution in [0.2, 0.25) is 0 Å². The molecule has 0 bridgehead atoms. The fraction of sp³-hybridized carbons (Fsp3) is 0.714. The minimum absolute atomic E-state index is 0.0248. The molecule has 5 nitrogen and oxygen atoms in total. The molecule has 0 heterocycles. The lowest BCUT2D eigenvalue weighted by molar-refractivity contribution is -0.138. The summed E-state index contributed by atoms with van der Waals surface area (Å²) in [6.07, 6.45) is 0.0248. The Balaban J connectivity index is 3.63. The summed E-state index contributed by atoms with van der Waals surface area (Å²) in [5.41, 5.74) is 5.23. The first kappa shape index (κ1) is 12.2. The van der Waals surface area contributed by atoms with E-state index in [-0.39, 0.29) is 17.4 Å². The summed E-state index contributed by atoms with van der Waals surface area (Å²) in [6.45, 7) is 1.73. The van der Waals surface area contributed by atoms with Gasteiger partial charge in [0.05, 0.1) is 6.42 Å². The first-order chi connectivity index (χ1) is 5.93. The van der Waals surface area contributed by atoms with Gasteiger partial charge in [0.1, 0.15) is 6.04 Å². The second-order valence-corrected chi connectivity index (χ2v) is 4.16. The van der Waals surface area contributed by atoms with Gasteiger partial charge in [-0.05, 0) is 0 Å². The maximum Gasteiger partial charge on any atom is 0.321 e. The lowest BCUT2D eigenvalue weighted by Crippen LogP contribution is -2.33. The topological polar surface area (TPSA) is 101 Å². The van der Waals surface area contributed by atoms with Crippen LogP contribution in [0.5, 0.6) is 0 Å². The van der Waals surface area contributed by atoms with Gasteiger partial charge in [0.25, 0.3) is 0 Å². The van der Waals surface area contributed by atoms with Gasteiger partial charge in [-0.1, -0.05) is 6.92 Å². The minimum Gasteiger partial charge on any atom is -0.481 e. The van der Waals surface area contributed by atoms with Crippen molar-refractivity contribution in [2.45, 2.75) is 24.6 Å². The predicted octanol–water partition coefficient (Wildman–Crippen LogP) is -0.00530. The van der Waals surface area contributed by atoms with Crippen LogP contribution in [0.3, 0.4) is 0 Å². The van der Waals surface area contributed by atoms with Crippen LogP contribution in [-0.2, 0) is 9.59 Å². The van der Waals surface area contributed by atoms with Gasteiger partial charge in [-0.25, -0.2) is 0 Å². The van der Waals surface area contributed by atoms with Crippen LogP contribution in [0.25, 0.3) is 0 Å². The average molecular weight is 207 g/mol. The molecule has 0 aromatic heterocycles. The number of thioether (sulfide) groups is 1. The molecule has 0 aliphatic rings. The highest BCUT2D eigenvalue weighted by molar-refractivity contribution is 7.99. The Morgan fingerprint density at radius 2 is 2.00 bits per heavy atom. The molecule has 6 heteroatoms. The molecule has 0 aliphatic heterocycles. The van der Waals surface area contributed by atoms with Crippen molar-refractivity contribution in [1.29, 1.82) is 0 Å². The number of nitrogens with two attached hydrogens (primary N) is 1. The molecule has 0 saturated carbocycles. The van der Waals surface area contributed by atoms with Crippen LogP contribution in [0, 0.1) is 0 Å². The Morgan fingerprint density at radius 3 is 2.38 bits per heavy atom. The third kappa shape index (κ3) is 6.41. The van der Waals surface area contributed by atoms with Crippen molar-refractivity contribution < 1.29 is 19.8 Å². The van der Waals surface area contributed by atoms with E-state index >= 15 is 0 Å². The average Bonchev–Trinajstić information content (AvgIpc) is 1.98. The van der Waals surface area contributed by atoms with E-state index in [4.69, 9.17) is 15.9 Å². The zero-order chi connectivity index (χ0) is 10.4. The van der Waals surface area contributed by atoms with Crippen molar-refractivity contribution in [1.82, 2.24) is 0 Å². The second-order valence-electron chi connectivity index (χ2n) is 2.69. The number of carboxylic acids is 2. The fourth-order valence-electron chi connectivity index (χ4n) is 0.644. The van der Waals surface area contributed by atoms with Crippen molar-refractivity contribution in [2.75, 3.05) is 5.75 Å². The Morgan fingerprint density at radius 1 is 1.46 bits per heavy atom. The zero-order valence-corrected chi connectivity index (χ0v) is 8.08. The van der Waals surface area contributed by atoms with Gasteiger partial charge in [-0.3, -0.25) is 9.59 Å². The lowest BCUT2D eigenvalue weighted by atomic mass is 10.3. The largest absolute Gasteiger partial charge is 0.481 e. The summed E-state index contributed by atoms with van der Waals surface area (Å²) in [5, 5.41) is 16.7. The molecule has 0 radical (unpaired) electrons. The highest BCUT2D eigenvalue weighted by Crippen LogP contribution is 2.14. The molecule has 0 aromatic carbocycles. The third-order valence-electron chi connectivity index (χ3n) is 1.34. The van der Waals surface area contributed by atoms with Gasteiger partial charge in [-0.2, -0.15) is 11.8 Å². The molecule has 0 fully saturated rings. The Hall–Kier alpha value is -0.750. The van der Waals surface area contributed by atoms with Crippen LogP contribution in [0.15, 0.2) is 0 Å². The molecule has 0 aliphatic carbocycles. The van der Waals surface area contributed by atoms with Crippen molar-refractivity contribution in [2.24, 2.45) is 5.73 Å². The van der Waals surface area contributed by atoms with E-state index < -0.39 is 18.0 Å². The number of hydrogen-bond acceptors (Lipinski definition) is 4. The fourth-order valence-corrected chi connectivity index (χ4v) is 1.58. The summed E-state index contributed by atoms with van der Waals surface area (Å²) in [4.78, 5) is 20.5. The highest BCUT2D eigenvalue weighted by atomic mass is 32.2. The van der Waals surface area contributed by atoms with E-state index in [1.165, 1.54) is 11.8 Å². The maximum absolute atomic E-state index is 10.3. The summed E-state index contributed by atoms with van der Waals surface area (Å²) in [6, 6.07) is -0.916. The molecule has 1 unspecified atom stereocenters. The second kappa shape index (κ2) is 5.82. The smallest absolute Gasteiger partial charge is 0.321 e. The quantitative estimate of drug-likeness (QED) is 0.566. The van der Waals surface area contributed by atoms with Crippen molar-refractivity contribution in [3.05, 3.63) is 0 Å². The first-order valence-corrected chi connectivity index (χ1v) is 4.80. The first-order valence-electron chi connectivity index (χ1n) is 3.75. The minimum atomic E-state index is -1.06. The highest BCUT2D eigenvalue weighted by Gasteiger charge is 2.14. The predicted molar refractivity (Wildman–Crippen MR) is 49.8 cm³/mol. The van der Waals surface area contributed by atoms with E-state index in [1.807, 2.05) is 0 Å². The SMILES string of the molecule is CC(CC(=O)O)SC[C@H](N)C(=O)O. The molecule has 13 heavy (non-hydrogen) atoms. The molecule has 0 aromatic rings. The number of rotatable bonds is 6. The summed E-state index contributed by atoms with van der Waals surface area (Å²) in [7, 11) is 0. The van der Waals surface area contributed by atoms with Crippen LogP contribution < -0.4 is 5.73 Å². The third-order valence-corrected chi connectivity index (χ3v) is 2.63. The van der Waals surface area contributed by atoms with E-state index in [2.05, 4.69) is 0 Å². The number of carboxylic acid groups (broad SMARTS) is 2. The maximum atomic E-state index is 10.3. The molecule has 0 saturated heterocycles. The van der Waals surface area contributed by atoms with Gasteiger partial charge < -0.3 is 15.9 Å². The molecule has 76 valence electrons. The number of carbonyl (C=O) groups is 2. The Kier molecular flexibility index (Phi) is 5.48. The van der Waals surface area contributed by atoms with Gasteiger partial charge in [0.15, 0.2) is 0 Å². The summed E-state index contributed by atoms with van der Waals surface area (Å²) >= 11 is 1.25. The van der Waals surface area contributed by atoms with Crippen LogP contribution in [0.1, 0.15) is 13.3 Å². The van der Waals surface area contributed by atoms with Gasteiger partial charge >= 0.3 is 11.9 Å². The number of hydrogen-bond donors (Lipinski definition) is 3. The Labute approximate surface area is 80.3 Å². The van der Waals surface area contributed by atoms with Gasteiger partial charge in [0, 0.05) is 11.0 Å². The van der Waals surface area contributed by atoms with E-state index in [1.54, 1.807) is 6.92 Å². The Bertz CT molecular complexity index is 197. The van der Waals surface area contributed by atoms with Crippen molar-refractivity contribution in [3.63, 3.8) is 0 Å². The number of aliphatic carboxylic acids is 2. The monoisotopic (exact) mass is 207 g/mol. The van der Waals surface area contributed by atoms with Crippen molar-refractivity contribution in [3.8, 4) is 0 Å². The zero-order valence-electron chi connectivity index (χ0n) is 7.27. The normalized spacial score (nSPS) is 14.9. The molecule has 4 N–H and O–H groups in total. The van der Waals surface area contributed by atoms with Gasteiger partial charge in [0.2, 0.25) is 0 Å².